The Balaban J connectivity index is 1.40. The van der Waals surface area contributed by atoms with Crippen molar-refractivity contribution < 1.29 is 14.0 Å². The van der Waals surface area contributed by atoms with Gasteiger partial charge < -0.3 is 9.09 Å². The number of para-hydroxylation sites is 1. The molecule has 33 heavy (non-hydrogen) atoms. The van der Waals surface area contributed by atoms with Crippen LogP contribution < -0.4 is 9.83 Å². The normalized spacial score (nSPS) is 18.6. The highest BCUT2D eigenvalue weighted by Gasteiger charge is 2.40. The van der Waals surface area contributed by atoms with E-state index in [1.165, 1.54) is 0 Å². The van der Waals surface area contributed by atoms with Crippen molar-refractivity contribution in [1.82, 2.24) is 0 Å². The molecule has 1 unspecified atom stereocenters. The molecule has 4 aromatic rings. The molecule has 0 radical (unpaired) electrons. The lowest BCUT2D eigenvalue weighted by Crippen LogP contribution is -2.20. The highest BCUT2D eigenvalue weighted by Crippen LogP contribution is 2.60. The highest BCUT2D eigenvalue weighted by molar-refractivity contribution is 7.73. The van der Waals surface area contributed by atoms with Crippen LogP contribution in [0.5, 0.6) is 5.75 Å². The van der Waals surface area contributed by atoms with Gasteiger partial charge in [-0.15, -0.1) is 0 Å². The Kier molecular flexibility index (Phi) is 5.97. The second-order valence-electron chi connectivity index (χ2n) is 8.67. The van der Waals surface area contributed by atoms with Crippen LogP contribution in [0.1, 0.15) is 5.56 Å². The van der Waals surface area contributed by atoms with Gasteiger partial charge in [-0.3, -0.25) is 0 Å². The summed E-state index contributed by atoms with van der Waals surface area (Å²) >= 11 is 0. The van der Waals surface area contributed by atoms with Crippen LogP contribution in [0, 0.1) is 0 Å². The van der Waals surface area contributed by atoms with E-state index in [-0.39, 0.29) is 0 Å². The standard InChI is InChI=1S/C28H27O3P2/c1-32(29,31-27-17-9-7-15-25(27)22-11-3-2-4-12-22)19-20-33(30)21-23-13-5-6-14-24(23)26-16-8-10-18-28(26)33/h2-18,29H,19-21H2,1H3/q+1/t32?,33-/m0/s1. The van der Waals surface area contributed by atoms with Crippen LogP contribution >= 0.6 is 14.9 Å². The average molecular weight is 473 g/mol. The molecule has 1 N–H and O–H groups in total. The molecule has 4 aromatic carbocycles. The summed E-state index contributed by atoms with van der Waals surface area (Å²) < 4.78 is 20.5. The van der Waals surface area contributed by atoms with Gasteiger partial charge in [0.2, 0.25) is 0 Å². The lowest BCUT2D eigenvalue weighted by atomic mass is 10.0. The van der Waals surface area contributed by atoms with Crippen LogP contribution in [0.2, 0.25) is 0 Å². The van der Waals surface area contributed by atoms with Crippen molar-refractivity contribution in [2.24, 2.45) is 0 Å². The fourth-order valence-electron chi connectivity index (χ4n) is 4.54. The molecule has 3 nitrogen and oxygen atoms in total. The Labute approximate surface area is 196 Å². The summed E-state index contributed by atoms with van der Waals surface area (Å²) in [6.07, 6.45) is 1.33. The maximum atomic E-state index is 14.3. The van der Waals surface area contributed by atoms with Crippen LogP contribution in [0.4, 0.5) is 0 Å². The summed E-state index contributed by atoms with van der Waals surface area (Å²) in [4.78, 5) is 11.3. The quantitative estimate of drug-likeness (QED) is 0.305. The molecular weight excluding hydrogens is 446 g/mol. The van der Waals surface area contributed by atoms with Gasteiger partial charge in [-0.25, -0.2) is 4.89 Å². The van der Waals surface area contributed by atoms with E-state index in [4.69, 9.17) is 4.52 Å². The van der Waals surface area contributed by atoms with Crippen LogP contribution in [-0.4, -0.2) is 23.9 Å². The van der Waals surface area contributed by atoms with Gasteiger partial charge in [-0.1, -0.05) is 97.1 Å². The number of benzene rings is 4. The van der Waals surface area contributed by atoms with E-state index in [0.29, 0.717) is 24.2 Å². The second-order valence-corrected chi connectivity index (χ2v) is 14.4. The molecule has 5 rings (SSSR count). The van der Waals surface area contributed by atoms with E-state index in [1.807, 2.05) is 84.9 Å². The van der Waals surface area contributed by atoms with Gasteiger partial charge in [-0.05, 0) is 28.3 Å². The first-order valence-electron chi connectivity index (χ1n) is 11.1. The minimum Gasteiger partial charge on any atom is -0.320 e. The molecule has 0 fully saturated rings. The Bertz CT molecular complexity index is 1330. The van der Waals surface area contributed by atoms with Gasteiger partial charge in [0, 0.05) is 23.2 Å². The van der Waals surface area contributed by atoms with Gasteiger partial charge in [0.15, 0.2) is 5.75 Å². The SMILES string of the molecule is C[P+](O)(CC[P@]1(=O)Cc2ccccc2-c2ccccc21)Oc1ccccc1-c1ccccc1. The molecule has 5 heteroatoms. The first-order chi connectivity index (χ1) is 16.0. The van der Waals surface area contributed by atoms with Gasteiger partial charge in [0.1, 0.15) is 20.0 Å². The van der Waals surface area contributed by atoms with Crippen molar-refractivity contribution in [3.05, 3.63) is 109 Å². The third kappa shape index (κ3) is 4.55. The summed E-state index contributed by atoms with van der Waals surface area (Å²) in [6.45, 7) is 1.77. The maximum Gasteiger partial charge on any atom is 0.313 e. The minimum atomic E-state index is -2.79. The zero-order chi connectivity index (χ0) is 22.9. The minimum absolute atomic E-state index is 0.379. The predicted octanol–water partition coefficient (Wildman–Crippen LogP) is 7.07. The Morgan fingerprint density at radius 1 is 0.788 bits per heavy atom. The van der Waals surface area contributed by atoms with Crippen molar-refractivity contribution in [3.8, 4) is 28.0 Å². The Morgan fingerprint density at radius 3 is 2.18 bits per heavy atom. The van der Waals surface area contributed by atoms with E-state index < -0.39 is 14.9 Å². The molecule has 1 aliphatic heterocycles. The molecular formula is C28H27O3P2+. The zero-order valence-corrected chi connectivity index (χ0v) is 20.4. The number of hydrogen-bond acceptors (Lipinski definition) is 3. The highest BCUT2D eigenvalue weighted by atomic mass is 31.2. The molecule has 0 spiro atoms. The third-order valence-corrected chi connectivity index (χ3v) is 11.3. The number of fused-ring (bicyclic) bond motifs is 3. The van der Waals surface area contributed by atoms with Gasteiger partial charge in [0.25, 0.3) is 0 Å². The molecule has 0 saturated carbocycles. The van der Waals surface area contributed by atoms with Crippen molar-refractivity contribution in [1.29, 1.82) is 0 Å². The third-order valence-electron chi connectivity index (χ3n) is 6.22. The van der Waals surface area contributed by atoms with E-state index in [2.05, 4.69) is 18.2 Å². The van der Waals surface area contributed by atoms with E-state index in [0.717, 1.165) is 33.1 Å². The average Bonchev–Trinajstić information content (AvgIpc) is 2.84. The maximum absolute atomic E-state index is 14.3. The fourth-order valence-corrected chi connectivity index (χ4v) is 10.4. The van der Waals surface area contributed by atoms with Gasteiger partial charge in [-0.2, -0.15) is 0 Å². The van der Waals surface area contributed by atoms with Crippen molar-refractivity contribution in [3.63, 3.8) is 0 Å². The monoisotopic (exact) mass is 473 g/mol. The summed E-state index contributed by atoms with van der Waals surface area (Å²) in [6, 6.07) is 34.0. The number of rotatable bonds is 6. The van der Waals surface area contributed by atoms with Crippen LogP contribution in [0.15, 0.2) is 103 Å². The molecule has 2 atom stereocenters. The van der Waals surface area contributed by atoms with Crippen LogP contribution in [0.3, 0.4) is 0 Å². The van der Waals surface area contributed by atoms with Gasteiger partial charge >= 0.3 is 7.72 Å². The summed E-state index contributed by atoms with van der Waals surface area (Å²) in [5.41, 5.74) is 5.32. The van der Waals surface area contributed by atoms with Crippen LogP contribution in [-0.2, 0) is 10.7 Å². The first kappa shape index (κ1) is 22.1. The fraction of sp³-hybridized carbons (Fsp3) is 0.143. The summed E-state index contributed by atoms with van der Waals surface area (Å²) in [5, 5.41) is 0.924. The molecule has 0 aliphatic carbocycles. The molecule has 0 aromatic heterocycles. The smallest absolute Gasteiger partial charge is 0.313 e. The van der Waals surface area contributed by atoms with Gasteiger partial charge in [0.05, 0.1) is 0 Å². The predicted molar refractivity (Wildman–Crippen MR) is 140 cm³/mol. The molecule has 0 amide bonds. The van der Waals surface area contributed by atoms with Crippen molar-refractivity contribution in [2.75, 3.05) is 19.0 Å². The lowest BCUT2D eigenvalue weighted by molar-refractivity contribution is 0.465. The van der Waals surface area contributed by atoms with Crippen LogP contribution in [0.25, 0.3) is 22.3 Å². The molecule has 1 heterocycles. The summed E-state index contributed by atoms with van der Waals surface area (Å²) in [7, 11) is -5.51. The van der Waals surface area contributed by atoms with Crippen molar-refractivity contribution in [2.45, 2.75) is 6.16 Å². The number of hydrogen-bond donors (Lipinski definition) is 1. The Hall–Kier alpha value is -2.70. The lowest BCUT2D eigenvalue weighted by Gasteiger charge is -2.29. The van der Waals surface area contributed by atoms with E-state index in [1.54, 1.807) is 6.66 Å². The van der Waals surface area contributed by atoms with E-state index in [9.17, 15) is 9.46 Å². The first-order valence-corrected chi connectivity index (χ1v) is 15.5. The second kappa shape index (κ2) is 8.92. The topological polar surface area (TPSA) is 46.5 Å². The largest absolute Gasteiger partial charge is 0.320 e. The molecule has 1 aliphatic rings. The summed E-state index contributed by atoms with van der Waals surface area (Å²) in [5.74, 6) is 0.662. The zero-order valence-electron chi connectivity index (χ0n) is 18.6. The van der Waals surface area contributed by atoms with Crippen molar-refractivity contribution >= 4 is 20.2 Å². The molecule has 0 saturated heterocycles. The molecule has 0 bridgehead atoms. The van der Waals surface area contributed by atoms with E-state index >= 15 is 0 Å². The Morgan fingerprint density at radius 2 is 1.39 bits per heavy atom. The molecule has 166 valence electrons.